The van der Waals surface area contributed by atoms with Crippen LogP contribution in [0.4, 0.5) is 15.8 Å². The molecule has 0 aliphatic heterocycles. The number of nitrogens with two attached hydrogens (primary N) is 1. The molecule has 2 aromatic rings. The summed E-state index contributed by atoms with van der Waals surface area (Å²) in [5, 5.41) is 11.5. The van der Waals surface area contributed by atoms with E-state index in [9.17, 15) is 14.0 Å². The van der Waals surface area contributed by atoms with Crippen molar-refractivity contribution in [3.05, 3.63) is 58.4 Å². The number of carbonyl (C=O) groups excluding carboxylic acids is 1. The molecule has 7 heteroatoms. The molecule has 5 nitrogen and oxygen atoms in total. The number of nitrogen functional groups attached to an aromatic ring is 1. The maximum absolute atomic E-state index is 13.3. The Morgan fingerprint density at radius 2 is 1.86 bits per heavy atom. The molecule has 1 amide bonds. The topological polar surface area (TPSA) is 92.4 Å². The zero-order valence-corrected chi connectivity index (χ0v) is 11.3. The number of hydrogen-bond donors (Lipinski definition) is 3. The molecule has 4 N–H and O–H groups in total. The Hall–Kier alpha value is -2.60. The Balaban J connectivity index is 2.27. The highest BCUT2D eigenvalue weighted by Gasteiger charge is 2.11. The van der Waals surface area contributed by atoms with Crippen molar-refractivity contribution in [3.63, 3.8) is 0 Å². The van der Waals surface area contributed by atoms with E-state index in [2.05, 4.69) is 5.32 Å². The quantitative estimate of drug-likeness (QED) is 0.760. The third kappa shape index (κ3) is 3.49. The fourth-order valence-corrected chi connectivity index (χ4v) is 1.89. The fourth-order valence-electron chi connectivity index (χ4n) is 1.66. The summed E-state index contributed by atoms with van der Waals surface area (Å²) in [6.45, 7) is 0. The van der Waals surface area contributed by atoms with Crippen molar-refractivity contribution < 1.29 is 19.1 Å². The molecule has 2 rings (SSSR count). The van der Waals surface area contributed by atoms with Crippen LogP contribution in [0.3, 0.4) is 0 Å². The van der Waals surface area contributed by atoms with Crippen LogP contribution in [-0.4, -0.2) is 17.0 Å². The maximum Gasteiger partial charge on any atom is 0.335 e. The van der Waals surface area contributed by atoms with Gasteiger partial charge in [-0.1, -0.05) is 11.6 Å². The van der Waals surface area contributed by atoms with Gasteiger partial charge >= 0.3 is 5.97 Å². The minimum absolute atomic E-state index is 0.0542. The van der Waals surface area contributed by atoms with Gasteiger partial charge in [0.2, 0.25) is 0 Å². The summed E-state index contributed by atoms with van der Waals surface area (Å²) < 4.78 is 13.3. The molecule has 0 heterocycles. The van der Waals surface area contributed by atoms with Crippen molar-refractivity contribution in [1.29, 1.82) is 0 Å². The first-order chi connectivity index (χ1) is 9.86. The summed E-state index contributed by atoms with van der Waals surface area (Å²) in [5.74, 6) is -2.49. The van der Waals surface area contributed by atoms with Crippen molar-refractivity contribution in [2.24, 2.45) is 0 Å². The van der Waals surface area contributed by atoms with Crippen LogP contribution in [-0.2, 0) is 0 Å². The van der Waals surface area contributed by atoms with Gasteiger partial charge in [0.25, 0.3) is 5.91 Å². The van der Waals surface area contributed by atoms with Crippen LogP contribution in [0, 0.1) is 5.82 Å². The van der Waals surface area contributed by atoms with E-state index in [-0.39, 0.29) is 27.5 Å². The normalized spacial score (nSPS) is 10.2. The SMILES string of the molecule is Nc1ccc(C(=O)Nc2cc(Cl)cc(C(=O)O)c2)cc1F. The molecule has 0 spiro atoms. The molecule has 0 fully saturated rings. The third-order valence-electron chi connectivity index (χ3n) is 2.67. The van der Waals surface area contributed by atoms with Crippen molar-refractivity contribution in [3.8, 4) is 0 Å². The van der Waals surface area contributed by atoms with E-state index in [4.69, 9.17) is 22.4 Å². The summed E-state index contributed by atoms with van der Waals surface area (Å²) >= 11 is 5.78. The van der Waals surface area contributed by atoms with E-state index in [0.29, 0.717) is 0 Å². The second-order valence-electron chi connectivity index (χ2n) is 4.22. The van der Waals surface area contributed by atoms with Crippen LogP contribution < -0.4 is 11.1 Å². The summed E-state index contributed by atoms with van der Waals surface area (Å²) in [7, 11) is 0. The lowest BCUT2D eigenvalue weighted by molar-refractivity contribution is 0.0696. The van der Waals surface area contributed by atoms with Gasteiger partial charge in [0.1, 0.15) is 5.82 Å². The Kier molecular flexibility index (Phi) is 4.09. The van der Waals surface area contributed by atoms with Crippen LogP contribution in [0.2, 0.25) is 5.02 Å². The molecule has 0 aromatic heterocycles. The Morgan fingerprint density at radius 3 is 2.48 bits per heavy atom. The van der Waals surface area contributed by atoms with E-state index in [0.717, 1.165) is 6.07 Å². The van der Waals surface area contributed by atoms with Gasteiger partial charge in [-0.25, -0.2) is 9.18 Å². The van der Waals surface area contributed by atoms with Gasteiger partial charge in [-0.05, 0) is 36.4 Å². The first-order valence-corrected chi connectivity index (χ1v) is 6.15. The number of amides is 1. The monoisotopic (exact) mass is 308 g/mol. The molecular weight excluding hydrogens is 299 g/mol. The molecule has 0 atom stereocenters. The molecule has 108 valence electrons. The van der Waals surface area contributed by atoms with Crippen LogP contribution >= 0.6 is 11.6 Å². The number of aromatic carboxylic acids is 1. The molecule has 2 aromatic carbocycles. The largest absolute Gasteiger partial charge is 0.478 e. The molecule has 0 aliphatic carbocycles. The number of nitrogens with one attached hydrogen (secondary N) is 1. The van der Waals surface area contributed by atoms with E-state index >= 15 is 0 Å². The predicted molar refractivity (Wildman–Crippen MR) is 77.2 cm³/mol. The van der Waals surface area contributed by atoms with Crippen molar-refractivity contribution in [2.75, 3.05) is 11.1 Å². The molecule has 0 unspecified atom stereocenters. The van der Waals surface area contributed by atoms with Gasteiger partial charge in [0, 0.05) is 16.3 Å². The molecular formula is C14H10ClFN2O3. The number of carboxylic acid groups (broad SMARTS) is 1. The van der Waals surface area contributed by atoms with Crippen molar-refractivity contribution in [1.82, 2.24) is 0 Å². The highest BCUT2D eigenvalue weighted by atomic mass is 35.5. The molecule has 0 bridgehead atoms. The number of benzene rings is 2. The number of rotatable bonds is 3. The molecule has 21 heavy (non-hydrogen) atoms. The standard InChI is InChI=1S/C14H10ClFN2O3/c15-9-3-8(14(20)21)4-10(6-9)18-13(19)7-1-2-12(17)11(16)5-7/h1-6H,17H2,(H,18,19)(H,20,21). The predicted octanol–water partition coefficient (Wildman–Crippen LogP) is 3.01. The lowest BCUT2D eigenvalue weighted by atomic mass is 10.1. The van der Waals surface area contributed by atoms with E-state index < -0.39 is 17.7 Å². The number of halogens is 2. The second kappa shape index (κ2) is 5.80. The summed E-state index contributed by atoms with van der Waals surface area (Å²) in [6.07, 6.45) is 0. The van der Waals surface area contributed by atoms with Gasteiger partial charge in [-0.15, -0.1) is 0 Å². The minimum Gasteiger partial charge on any atom is -0.478 e. The highest BCUT2D eigenvalue weighted by molar-refractivity contribution is 6.31. The molecule has 0 saturated heterocycles. The van der Waals surface area contributed by atoms with E-state index in [1.54, 1.807) is 0 Å². The lowest BCUT2D eigenvalue weighted by Crippen LogP contribution is -2.13. The third-order valence-corrected chi connectivity index (χ3v) is 2.88. The number of carbonyl (C=O) groups is 2. The van der Waals surface area contributed by atoms with Crippen LogP contribution in [0.1, 0.15) is 20.7 Å². The Bertz CT molecular complexity index is 734. The lowest BCUT2D eigenvalue weighted by Gasteiger charge is -2.08. The summed E-state index contributed by atoms with van der Waals surface area (Å²) in [5.41, 5.74) is 5.44. The maximum atomic E-state index is 13.3. The first kappa shape index (κ1) is 14.8. The van der Waals surface area contributed by atoms with Crippen LogP contribution in [0.15, 0.2) is 36.4 Å². The second-order valence-corrected chi connectivity index (χ2v) is 4.66. The highest BCUT2D eigenvalue weighted by Crippen LogP contribution is 2.20. The smallest absolute Gasteiger partial charge is 0.335 e. The first-order valence-electron chi connectivity index (χ1n) is 5.77. The number of carboxylic acids is 1. The zero-order chi connectivity index (χ0) is 15.6. The summed E-state index contributed by atoms with van der Waals surface area (Å²) in [6, 6.07) is 7.51. The van der Waals surface area contributed by atoms with E-state index in [1.165, 1.54) is 30.3 Å². The average Bonchev–Trinajstić information content (AvgIpc) is 2.41. The fraction of sp³-hybridized carbons (Fsp3) is 0. The molecule has 0 radical (unpaired) electrons. The summed E-state index contributed by atoms with van der Waals surface area (Å²) in [4.78, 5) is 22.9. The zero-order valence-electron chi connectivity index (χ0n) is 10.6. The van der Waals surface area contributed by atoms with Gasteiger partial charge in [-0.3, -0.25) is 4.79 Å². The Morgan fingerprint density at radius 1 is 1.14 bits per heavy atom. The number of hydrogen-bond acceptors (Lipinski definition) is 3. The molecule has 0 aliphatic rings. The van der Waals surface area contributed by atoms with Crippen molar-refractivity contribution in [2.45, 2.75) is 0 Å². The van der Waals surface area contributed by atoms with Gasteiger partial charge < -0.3 is 16.2 Å². The van der Waals surface area contributed by atoms with Crippen LogP contribution in [0.5, 0.6) is 0 Å². The Labute approximate surface area is 124 Å². The molecule has 0 saturated carbocycles. The van der Waals surface area contributed by atoms with Gasteiger partial charge in [-0.2, -0.15) is 0 Å². The van der Waals surface area contributed by atoms with Gasteiger partial charge in [0.05, 0.1) is 11.3 Å². The average molecular weight is 309 g/mol. The van der Waals surface area contributed by atoms with Crippen molar-refractivity contribution >= 4 is 34.9 Å². The van der Waals surface area contributed by atoms with E-state index in [1.807, 2.05) is 0 Å². The van der Waals surface area contributed by atoms with Gasteiger partial charge in [0.15, 0.2) is 0 Å². The van der Waals surface area contributed by atoms with Crippen LogP contribution in [0.25, 0.3) is 0 Å². The number of anilines is 2. The minimum atomic E-state index is -1.17.